The highest BCUT2D eigenvalue weighted by Gasteiger charge is 2.23. The molecule has 0 unspecified atom stereocenters. The third kappa shape index (κ3) is 2.82. The maximum atomic E-state index is 11.3. The molecule has 2 aromatic heterocycles. The van der Waals surface area contributed by atoms with Crippen LogP contribution in [0.15, 0.2) is 54.6 Å². The Morgan fingerprint density at radius 3 is 2.13 bits per heavy atom. The second-order valence-electron chi connectivity index (χ2n) is 8.54. The molecule has 0 aliphatic carbocycles. The summed E-state index contributed by atoms with van der Waals surface area (Å²) in [5.41, 5.74) is 6.13. The average Bonchev–Trinajstić information content (AvgIpc) is 3.32. The summed E-state index contributed by atoms with van der Waals surface area (Å²) in [5.74, 6) is 0.0540. The second kappa shape index (κ2) is 6.38. The Balaban J connectivity index is 1.82. The van der Waals surface area contributed by atoms with Crippen molar-refractivity contribution in [2.45, 2.75) is 33.1 Å². The molecule has 2 heterocycles. The van der Waals surface area contributed by atoms with E-state index in [9.17, 15) is 5.11 Å². The molecule has 30 heavy (non-hydrogen) atoms. The van der Waals surface area contributed by atoms with Crippen molar-refractivity contribution in [2.75, 3.05) is 0 Å². The lowest BCUT2D eigenvalue weighted by molar-refractivity contribution is 0.461. The number of phenols is 1. The molecule has 1 N–H and O–H groups in total. The zero-order valence-electron chi connectivity index (χ0n) is 17.3. The van der Waals surface area contributed by atoms with E-state index < -0.39 is 0 Å². The minimum Gasteiger partial charge on any atom is -0.504 e. The molecule has 0 spiro atoms. The number of aromatic hydroxyl groups is 1. The Morgan fingerprint density at radius 2 is 1.47 bits per heavy atom. The highest BCUT2D eigenvalue weighted by molar-refractivity contribution is 5.81. The van der Waals surface area contributed by atoms with Gasteiger partial charge in [-0.1, -0.05) is 50.3 Å². The van der Waals surface area contributed by atoms with Crippen molar-refractivity contribution in [2.24, 2.45) is 0 Å². The van der Waals surface area contributed by atoms with Crippen LogP contribution in [-0.2, 0) is 5.41 Å². The van der Waals surface area contributed by atoms with Crippen LogP contribution in [0.1, 0.15) is 31.9 Å². The van der Waals surface area contributed by atoms with Crippen LogP contribution >= 0.6 is 0 Å². The Kier molecular flexibility index (Phi) is 3.89. The zero-order valence-corrected chi connectivity index (χ0v) is 17.3. The molecule has 150 valence electrons. The molecule has 0 bridgehead atoms. The third-order valence-electron chi connectivity index (χ3n) is 5.34. The van der Waals surface area contributed by atoms with Crippen molar-refractivity contribution in [3.8, 4) is 17.1 Å². The van der Waals surface area contributed by atoms with Crippen molar-refractivity contribution < 1.29 is 5.11 Å². The minimum atomic E-state index is -0.158. The zero-order chi connectivity index (χ0) is 21.0. The third-order valence-corrected chi connectivity index (χ3v) is 5.34. The van der Waals surface area contributed by atoms with Crippen molar-refractivity contribution in [3.05, 3.63) is 65.7 Å². The number of nitrogens with zero attached hydrogens (tertiary/aromatic N) is 6. The molecule has 0 amide bonds. The van der Waals surface area contributed by atoms with Gasteiger partial charge in [0.25, 0.3) is 0 Å². The largest absolute Gasteiger partial charge is 0.504 e. The molecular formula is C23H22N6O. The van der Waals surface area contributed by atoms with Gasteiger partial charge in [-0.05, 0) is 53.8 Å². The predicted octanol–water partition coefficient (Wildman–Crippen LogP) is 4.47. The van der Waals surface area contributed by atoms with E-state index in [0.717, 1.165) is 33.2 Å². The number of phenolic OH excluding ortho intramolecular Hbond substituents is 1. The lowest BCUT2D eigenvalue weighted by atomic mass is 9.86. The van der Waals surface area contributed by atoms with Crippen LogP contribution in [0, 0.1) is 6.92 Å². The van der Waals surface area contributed by atoms with Gasteiger partial charge in [0, 0.05) is 0 Å². The highest BCUT2D eigenvalue weighted by Crippen LogP contribution is 2.36. The van der Waals surface area contributed by atoms with E-state index >= 15 is 0 Å². The summed E-state index contributed by atoms with van der Waals surface area (Å²) in [7, 11) is 0. The number of para-hydroxylation sites is 1. The molecule has 0 saturated carbocycles. The predicted molar refractivity (Wildman–Crippen MR) is 116 cm³/mol. The van der Waals surface area contributed by atoms with E-state index in [1.54, 1.807) is 4.68 Å². The smallest absolute Gasteiger partial charge is 0.169 e. The molecule has 7 heteroatoms. The van der Waals surface area contributed by atoms with E-state index in [0.29, 0.717) is 11.4 Å². The van der Waals surface area contributed by atoms with Crippen LogP contribution in [-0.4, -0.2) is 35.1 Å². The quantitative estimate of drug-likeness (QED) is 0.475. The molecule has 0 atom stereocenters. The number of aryl methyl sites for hydroxylation is 1. The normalized spacial score (nSPS) is 12.1. The second-order valence-corrected chi connectivity index (χ2v) is 8.54. The van der Waals surface area contributed by atoms with Gasteiger partial charge in [-0.15, -0.1) is 20.1 Å². The maximum Gasteiger partial charge on any atom is 0.169 e. The van der Waals surface area contributed by atoms with Gasteiger partial charge in [-0.2, -0.15) is 0 Å². The van der Waals surface area contributed by atoms with Gasteiger partial charge in [-0.3, -0.25) is 0 Å². The van der Waals surface area contributed by atoms with Crippen LogP contribution in [0.5, 0.6) is 5.75 Å². The fourth-order valence-electron chi connectivity index (χ4n) is 3.62. The first-order valence-corrected chi connectivity index (χ1v) is 9.84. The Labute approximate surface area is 173 Å². The van der Waals surface area contributed by atoms with Crippen molar-refractivity contribution in [3.63, 3.8) is 0 Å². The highest BCUT2D eigenvalue weighted by atomic mass is 16.3. The summed E-state index contributed by atoms with van der Waals surface area (Å²) in [5, 5.41) is 29.1. The molecule has 0 aliphatic rings. The van der Waals surface area contributed by atoms with Crippen LogP contribution in [0.25, 0.3) is 33.4 Å². The Hall–Kier alpha value is -3.74. The molecular weight excluding hydrogens is 376 g/mol. The van der Waals surface area contributed by atoms with Crippen LogP contribution in [0.2, 0.25) is 0 Å². The summed E-state index contributed by atoms with van der Waals surface area (Å²) in [6.45, 7) is 8.40. The van der Waals surface area contributed by atoms with Gasteiger partial charge in [0.1, 0.15) is 27.9 Å². The SMILES string of the molecule is Cc1cccc2nnn(-c3cc(C(C)(C)C)cc(-n4nc5ccccc5n4)c3O)c12. The Bertz CT molecular complexity index is 1370. The lowest BCUT2D eigenvalue weighted by Crippen LogP contribution is -2.14. The number of benzene rings is 3. The average molecular weight is 398 g/mol. The van der Waals surface area contributed by atoms with Crippen LogP contribution < -0.4 is 0 Å². The van der Waals surface area contributed by atoms with Gasteiger partial charge >= 0.3 is 0 Å². The topological polar surface area (TPSA) is 81.7 Å². The standard InChI is InChI=1S/C23H22N6O/c1-14-8-7-11-18-21(14)28(27-24-18)19-12-15(23(2,3)4)13-20(22(19)30)29-25-16-9-5-6-10-17(16)26-29/h5-13,30H,1-4H3. The van der Waals surface area contributed by atoms with Crippen LogP contribution in [0.4, 0.5) is 0 Å². The fraction of sp³-hybridized carbons (Fsp3) is 0.217. The number of hydrogen-bond acceptors (Lipinski definition) is 5. The lowest BCUT2D eigenvalue weighted by Gasteiger charge is -2.22. The summed E-state index contributed by atoms with van der Waals surface area (Å²) < 4.78 is 1.70. The molecule has 5 rings (SSSR count). The summed E-state index contributed by atoms with van der Waals surface area (Å²) >= 11 is 0. The minimum absolute atomic E-state index is 0.0540. The monoisotopic (exact) mass is 398 g/mol. The Morgan fingerprint density at radius 1 is 0.833 bits per heavy atom. The van der Waals surface area contributed by atoms with E-state index in [-0.39, 0.29) is 11.2 Å². The maximum absolute atomic E-state index is 11.3. The number of aromatic nitrogens is 6. The first-order chi connectivity index (χ1) is 14.3. The van der Waals surface area contributed by atoms with Crippen molar-refractivity contribution in [1.29, 1.82) is 0 Å². The van der Waals surface area contributed by atoms with Gasteiger partial charge in [0.15, 0.2) is 5.75 Å². The molecule has 7 nitrogen and oxygen atoms in total. The molecule has 0 saturated heterocycles. The van der Waals surface area contributed by atoms with Crippen molar-refractivity contribution >= 4 is 22.1 Å². The van der Waals surface area contributed by atoms with E-state index in [1.165, 1.54) is 4.80 Å². The van der Waals surface area contributed by atoms with Gasteiger partial charge < -0.3 is 5.11 Å². The molecule has 0 radical (unpaired) electrons. The summed E-state index contributed by atoms with van der Waals surface area (Å²) in [4.78, 5) is 1.49. The first kappa shape index (κ1) is 18.3. The molecule has 0 aliphatic heterocycles. The summed E-state index contributed by atoms with van der Waals surface area (Å²) in [6, 6.07) is 17.4. The van der Waals surface area contributed by atoms with Crippen LogP contribution in [0.3, 0.4) is 0 Å². The number of rotatable bonds is 2. The number of hydrogen-bond donors (Lipinski definition) is 1. The molecule has 5 aromatic rings. The van der Waals surface area contributed by atoms with E-state index in [4.69, 9.17) is 0 Å². The van der Waals surface area contributed by atoms with Gasteiger partial charge in [-0.25, -0.2) is 4.68 Å². The van der Waals surface area contributed by atoms with E-state index in [2.05, 4.69) is 41.3 Å². The molecule has 0 fully saturated rings. The molecule has 3 aromatic carbocycles. The first-order valence-electron chi connectivity index (χ1n) is 9.84. The van der Waals surface area contributed by atoms with Gasteiger partial charge in [0.2, 0.25) is 0 Å². The van der Waals surface area contributed by atoms with Gasteiger partial charge in [0.05, 0.1) is 5.52 Å². The fourth-order valence-corrected chi connectivity index (χ4v) is 3.62. The number of fused-ring (bicyclic) bond motifs is 2. The van der Waals surface area contributed by atoms with E-state index in [1.807, 2.05) is 61.5 Å². The van der Waals surface area contributed by atoms with Crippen molar-refractivity contribution in [1.82, 2.24) is 30.0 Å². The summed E-state index contributed by atoms with van der Waals surface area (Å²) in [6.07, 6.45) is 0.